The highest BCUT2D eigenvalue weighted by Crippen LogP contribution is 2.40. The number of pyridine rings is 1. The Morgan fingerprint density at radius 3 is 2.59 bits per heavy atom. The number of hydrogen-bond donors (Lipinski definition) is 2. The number of aromatic nitrogens is 3. The van der Waals surface area contributed by atoms with E-state index in [1.807, 2.05) is 19.3 Å². The van der Waals surface area contributed by atoms with Crippen molar-refractivity contribution in [2.75, 3.05) is 17.3 Å². The summed E-state index contributed by atoms with van der Waals surface area (Å²) in [6, 6.07) is 13.4. The fourth-order valence-corrected chi connectivity index (χ4v) is 4.72. The van der Waals surface area contributed by atoms with Crippen LogP contribution >= 0.6 is 0 Å². The van der Waals surface area contributed by atoms with Crippen LogP contribution in [0.2, 0.25) is 0 Å². The molecule has 3 aromatic rings. The number of benzene rings is 1. The van der Waals surface area contributed by atoms with Crippen molar-refractivity contribution in [1.82, 2.24) is 14.5 Å². The summed E-state index contributed by atoms with van der Waals surface area (Å²) in [5.74, 6) is 0.994. The third-order valence-electron chi connectivity index (χ3n) is 6.00. The number of nitrogens with zero attached hydrogens (tertiary/aromatic N) is 4. The van der Waals surface area contributed by atoms with Crippen LogP contribution in [0.5, 0.6) is 0 Å². The van der Waals surface area contributed by atoms with Gasteiger partial charge in [-0.25, -0.2) is 4.98 Å². The molecule has 4 heterocycles. The van der Waals surface area contributed by atoms with Gasteiger partial charge in [-0.3, -0.25) is 0 Å². The highest BCUT2D eigenvalue weighted by molar-refractivity contribution is 5.79. The van der Waals surface area contributed by atoms with Gasteiger partial charge in [0, 0.05) is 19.1 Å². The summed E-state index contributed by atoms with van der Waals surface area (Å²) in [7, 11) is 1.91. The number of piperidine rings is 1. The first-order chi connectivity index (χ1) is 13.2. The summed E-state index contributed by atoms with van der Waals surface area (Å²) in [5.41, 5.74) is 4.06. The van der Waals surface area contributed by atoms with Gasteiger partial charge in [-0.2, -0.15) is 4.98 Å². The first kappa shape index (κ1) is 16.6. The minimum atomic E-state index is -0.181. The lowest BCUT2D eigenvalue weighted by molar-refractivity contribution is 0.125. The first-order valence-electron chi connectivity index (χ1n) is 9.77. The molecular weight excluding hydrogens is 338 g/mol. The van der Waals surface area contributed by atoms with Crippen molar-refractivity contribution >= 4 is 22.8 Å². The predicted molar refractivity (Wildman–Crippen MR) is 107 cm³/mol. The molecule has 0 radical (unpaired) electrons. The Labute approximate surface area is 158 Å². The lowest BCUT2D eigenvalue weighted by Gasteiger charge is -2.38. The zero-order valence-corrected chi connectivity index (χ0v) is 15.5. The molecule has 0 amide bonds. The second-order valence-electron chi connectivity index (χ2n) is 7.72. The monoisotopic (exact) mass is 363 g/mol. The van der Waals surface area contributed by atoms with Crippen LogP contribution in [0.4, 0.5) is 11.6 Å². The third kappa shape index (κ3) is 2.84. The summed E-state index contributed by atoms with van der Waals surface area (Å²) < 4.78 is 2.29. The zero-order valence-electron chi connectivity index (χ0n) is 15.5. The Morgan fingerprint density at radius 1 is 1.15 bits per heavy atom. The third-order valence-corrected chi connectivity index (χ3v) is 6.00. The predicted octanol–water partition coefficient (Wildman–Crippen LogP) is 3.01. The molecule has 5 rings (SSSR count). The lowest BCUT2D eigenvalue weighted by atomic mass is 10.0. The van der Waals surface area contributed by atoms with E-state index in [1.54, 1.807) is 0 Å². The van der Waals surface area contributed by atoms with Crippen molar-refractivity contribution in [2.45, 2.75) is 50.4 Å². The highest BCUT2D eigenvalue weighted by Gasteiger charge is 2.42. The Bertz CT molecular complexity index is 940. The summed E-state index contributed by atoms with van der Waals surface area (Å²) in [6.45, 7) is 0.764. The van der Waals surface area contributed by atoms with Gasteiger partial charge in [0.1, 0.15) is 0 Å². The van der Waals surface area contributed by atoms with Gasteiger partial charge in [0.2, 0.25) is 5.95 Å². The topological polar surface area (TPSA) is 66.2 Å². The quantitative estimate of drug-likeness (QED) is 0.746. The number of rotatable bonds is 4. The van der Waals surface area contributed by atoms with E-state index in [0.29, 0.717) is 12.1 Å². The smallest absolute Gasteiger partial charge is 0.208 e. The number of nitrogens with one attached hydrogen (secondary N) is 1. The molecule has 6 heteroatoms. The molecule has 27 heavy (non-hydrogen) atoms. The van der Waals surface area contributed by atoms with Gasteiger partial charge in [-0.1, -0.05) is 30.3 Å². The maximum atomic E-state index is 10.2. The molecule has 2 aromatic heterocycles. The maximum Gasteiger partial charge on any atom is 0.208 e. The number of fused-ring (bicyclic) bond motifs is 3. The van der Waals surface area contributed by atoms with Gasteiger partial charge in [0.05, 0.1) is 30.0 Å². The largest absolute Gasteiger partial charge is 0.393 e. The van der Waals surface area contributed by atoms with Crippen LogP contribution in [-0.2, 0) is 6.54 Å². The highest BCUT2D eigenvalue weighted by atomic mass is 16.3. The summed E-state index contributed by atoms with van der Waals surface area (Å²) in [4.78, 5) is 12.0. The normalized spacial score (nSPS) is 24.5. The molecule has 2 unspecified atom stereocenters. The van der Waals surface area contributed by atoms with Crippen LogP contribution in [0.25, 0.3) is 11.2 Å². The molecule has 6 nitrogen and oxygen atoms in total. The van der Waals surface area contributed by atoms with Gasteiger partial charge in [-0.15, -0.1) is 0 Å². The van der Waals surface area contributed by atoms with Crippen molar-refractivity contribution in [3.05, 3.63) is 48.2 Å². The van der Waals surface area contributed by atoms with E-state index in [2.05, 4.69) is 50.1 Å². The second kappa shape index (κ2) is 6.53. The molecule has 2 aliphatic rings. The van der Waals surface area contributed by atoms with Crippen molar-refractivity contribution in [3.63, 3.8) is 0 Å². The minimum absolute atomic E-state index is 0.181. The van der Waals surface area contributed by atoms with E-state index in [4.69, 9.17) is 4.98 Å². The van der Waals surface area contributed by atoms with Crippen molar-refractivity contribution < 1.29 is 5.11 Å². The van der Waals surface area contributed by atoms with Gasteiger partial charge >= 0.3 is 0 Å². The molecule has 2 bridgehead atoms. The average Bonchev–Trinajstić information content (AvgIpc) is 3.16. The molecule has 0 saturated carbocycles. The Morgan fingerprint density at radius 2 is 1.89 bits per heavy atom. The fraction of sp³-hybridized carbons (Fsp3) is 0.429. The van der Waals surface area contributed by atoms with E-state index >= 15 is 0 Å². The van der Waals surface area contributed by atoms with E-state index in [9.17, 15) is 5.11 Å². The maximum absolute atomic E-state index is 10.2. The van der Waals surface area contributed by atoms with E-state index in [0.717, 1.165) is 55.0 Å². The number of aliphatic hydroxyl groups excluding tert-OH is 1. The molecule has 2 atom stereocenters. The Hall–Kier alpha value is -2.60. The molecule has 0 aliphatic carbocycles. The number of anilines is 2. The van der Waals surface area contributed by atoms with E-state index in [1.165, 1.54) is 5.56 Å². The molecule has 2 saturated heterocycles. The van der Waals surface area contributed by atoms with E-state index < -0.39 is 0 Å². The van der Waals surface area contributed by atoms with Gasteiger partial charge < -0.3 is 19.9 Å². The minimum Gasteiger partial charge on any atom is -0.393 e. The average molecular weight is 363 g/mol. The van der Waals surface area contributed by atoms with Crippen LogP contribution in [-0.4, -0.2) is 44.9 Å². The Kier molecular flexibility index (Phi) is 4.01. The number of imidazole rings is 1. The molecule has 2 N–H and O–H groups in total. The summed E-state index contributed by atoms with van der Waals surface area (Å²) >= 11 is 0. The van der Waals surface area contributed by atoms with Crippen LogP contribution in [0.3, 0.4) is 0 Å². The first-order valence-corrected chi connectivity index (χ1v) is 9.77. The van der Waals surface area contributed by atoms with Crippen molar-refractivity contribution in [2.24, 2.45) is 0 Å². The van der Waals surface area contributed by atoms with Gasteiger partial charge in [0.15, 0.2) is 5.65 Å². The summed E-state index contributed by atoms with van der Waals surface area (Å²) in [6.07, 6.45) is 5.58. The fourth-order valence-electron chi connectivity index (χ4n) is 4.72. The molecule has 1 aromatic carbocycles. The second-order valence-corrected chi connectivity index (χ2v) is 7.72. The van der Waals surface area contributed by atoms with Crippen LogP contribution in [0.15, 0.2) is 42.6 Å². The molecule has 2 fully saturated rings. The molecular formula is C21H25N5O. The van der Waals surface area contributed by atoms with Crippen molar-refractivity contribution in [3.8, 4) is 0 Å². The van der Waals surface area contributed by atoms with Crippen LogP contribution in [0.1, 0.15) is 31.2 Å². The number of hydrogen-bond acceptors (Lipinski definition) is 5. The van der Waals surface area contributed by atoms with E-state index in [-0.39, 0.29) is 6.10 Å². The molecule has 2 aliphatic heterocycles. The van der Waals surface area contributed by atoms with Crippen LogP contribution < -0.4 is 10.2 Å². The van der Waals surface area contributed by atoms with Gasteiger partial charge in [0.25, 0.3) is 0 Å². The standard InChI is InChI=1S/C21H25N5O/c1-22-15-9-19-20(23-12-15)24-21(25(19)13-14-5-3-2-4-6-14)26-16-7-8-17(26)11-18(27)10-16/h2-6,9,12,16-18,22,27H,7-8,10-11,13H2,1H3. The van der Waals surface area contributed by atoms with Crippen LogP contribution in [0, 0.1) is 0 Å². The SMILES string of the molecule is CNc1cnc2nc(N3C4CCC3CC(O)C4)n(Cc3ccccc3)c2c1. The summed E-state index contributed by atoms with van der Waals surface area (Å²) in [5, 5.41) is 13.4. The van der Waals surface area contributed by atoms with Crippen molar-refractivity contribution in [1.29, 1.82) is 0 Å². The Balaban J connectivity index is 1.64. The lowest BCUT2D eigenvalue weighted by Crippen LogP contribution is -2.46. The molecule has 140 valence electrons. The zero-order chi connectivity index (χ0) is 18.4. The number of aliphatic hydroxyl groups is 1. The molecule has 0 spiro atoms. The van der Waals surface area contributed by atoms with Gasteiger partial charge in [-0.05, 0) is 37.3 Å².